The minimum Gasteiger partial charge on any atom is -0.329 e. The van der Waals surface area contributed by atoms with Crippen LogP contribution in [0, 0.1) is 5.82 Å². The monoisotopic (exact) mass is 301 g/mol. The highest BCUT2D eigenvalue weighted by Gasteiger charge is 2.23. The van der Waals surface area contributed by atoms with Crippen molar-refractivity contribution in [3.8, 4) is 0 Å². The van der Waals surface area contributed by atoms with Crippen LogP contribution in [0.5, 0.6) is 0 Å². The van der Waals surface area contributed by atoms with Gasteiger partial charge in [-0.3, -0.25) is 9.69 Å². The first-order valence-electron chi connectivity index (χ1n) is 6.68. The third-order valence-electron chi connectivity index (χ3n) is 3.51. The number of nitrogens with one attached hydrogen (secondary N) is 1. The average Bonchev–Trinajstić information content (AvgIpc) is 2.83. The van der Waals surface area contributed by atoms with Crippen LogP contribution >= 0.6 is 12.4 Å². The molecule has 0 aliphatic carbocycles. The van der Waals surface area contributed by atoms with Crippen LogP contribution in [-0.4, -0.2) is 36.5 Å². The summed E-state index contributed by atoms with van der Waals surface area (Å²) in [6, 6.07) is 6.33. The van der Waals surface area contributed by atoms with Crippen LogP contribution in [0.3, 0.4) is 0 Å². The third kappa shape index (κ3) is 4.74. The predicted octanol–water partition coefficient (Wildman–Crippen LogP) is 2.00. The molecule has 1 amide bonds. The van der Waals surface area contributed by atoms with Gasteiger partial charge in [0.1, 0.15) is 5.82 Å². The normalized spacial score (nSPS) is 18.6. The second kappa shape index (κ2) is 8.19. The van der Waals surface area contributed by atoms with Crippen LogP contribution in [0.4, 0.5) is 10.1 Å². The van der Waals surface area contributed by atoms with Crippen molar-refractivity contribution >= 4 is 24.0 Å². The highest BCUT2D eigenvalue weighted by atomic mass is 35.5. The van der Waals surface area contributed by atoms with Crippen LogP contribution in [0.1, 0.15) is 19.3 Å². The van der Waals surface area contributed by atoms with E-state index in [4.69, 9.17) is 5.73 Å². The third-order valence-corrected chi connectivity index (χ3v) is 3.51. The molecule has 1 fully saturated rings. The van der Waals surface area contributed by atoms with Crippen LogP contribution in [0.15, 0.2) is 24.3 Å². The molecule has 0 aromatic heterocycles. The van der Waals surface area contributed by atoms with Crippen molar-refractivity contribution in [2.75, 3.05) is 25.0 Å². The summed E-state index contributed by atoms with van der Waals surface area (Å²) < 4.78 is 13.0. The number of nitrogens with zero attached hydrogens (tertiary/aromatic N) is 1. The summed E-state index contributed by atoms with van der Waals surface area (Å²) in [7, 11) is 0. The molecule has 1 unspecified atom stereocenters. The van der Waals surface area contributed by atoms with Crippen molar-refractivity contribution in [3.63, 3.8) is 0 Å². The highest BCUT2D eigenvalue weighted by Crippen LogP contribution is 2.16. The molecule has 1 aromatic rings. The number of nitrogens with two attached hydrogens (primary N) is 1. The number of hydrogen-bond donors (Lipinski definition) is 2. The maximum Gasteiger partial charge on any atom is 0.225 e. The zero-order valence-electron chi connectivity index (χ0n) is 11.3. The molecule has 1 aromatic carbocycles. The SMILES string of the molecule is Cl.NCC1CCCN1CCC(=O)Nc1cccc(F)c1. The fraction of sp³-hybridized carbons (Fsp3) is 0.500. The largest absolute Gasteiger partial charge is 0.329 e. The van der Waals surface area contributed by atoms with Crippen molar-refractivity contribution in [1.82, 2.24) is 4.90 Å². The van der Waals surface area contributed by atoms with Gasteiger partial charge in [0.05, 0.1) is 0 Å². The smallest absolute Gasteiger partial charge is 0.225 e. The molecule has 20 heavy (non-hydrogen) atoms. The first-order chi connectivity index (χ1) is 9.19. The molecule has 0 bridgehead atoms. The second-order valence-electron chi connectivity index (χ2n) is 4.88. The van der Waals surface area contributed by atoms with Gasteiger partial charge in [0.15, 0.2) is 0 Å². The molecule has 2 rings (SSSR count). The molecular formula is C14H21ClFN3O. The molecule has 112 valence electrons. The number of carbonyl (C=O) groups is 1. The summed E-state index contributed by atoms with van der Waals surface area (Å²) in [6.45, 7) is 2.36. The molecule has 1 heterocycles. The number of benzene rings is 1. The quantitative estimate of drug-likeness (QED) is 0.874. The van der Waals surface area contributed by atoms with Gasteiger partial charge in [0, 0.05) is 31.2 Å². The Morgan fingerprint density at radius 2 is 2.30 bits per heavy atom. The average molecular weight is 302 g/mol. The summed E-state index contributed by atoms with van der Waals surface area (Å²) in [5.41, 5.74) is 6.19. The van der Waals surface area contributed by atoms with Gasteiger partial charge in [-0.25, -0.2) is 4.39 Å². The molecule has 0 radical (unpaired) electrons. The second-order valence-corrected chi connectivity index (χ2v) is 4.88. The molecule has 0 saturated carbocycles. The van der Waals surface area contributed by atoms with Crippen molar-refractivity contribution in [2.24, 2.45) is 5.73 Å². The van der Waals surface area contributed by atoms with Gasteiger partial charge in [-0.15, -0.1) is 12.4 Å². The first-order valence-corrected chi connectivity index (χ1v) is 6.68. The lowest BCUT2D eigenvalue weighted by molar-refractivity contribution is -0.116. The number of hydrogen-bond acceptors (Lipinski definition) is 3. The Labute approximate surface area is 124 Å². The van der Waals surface area contributed by atoms with Crippen molar-refractivity contribution < 1.29 is 9.18 Å². The van der Waals surface area contributed by atoms with Gasteiger partial charge in [-0.05, 0) is 37.6 Å². The standard InChI is InChI=1S/C14H20FN3O.ClH/c15-11-3-1-4-12(9-11)17-14(19)6-8-18-7-2-5-13(18)10-16;/h1,3-4,9,13H,2,5-8,10,16H2,(H,17,19);1H. The van der Waals surface area contributed by atoms with Crippen molar-refractivity contribution in [2.45, 2.75) is 25.3 Å². The Balaban J connectivity index is 0.00000200. The number of rotatable bonds is 5. The lowest BCUT2D eigenvalue weighted by atomic mass is 10.2. The van der Waals surface area contributed by atoms with E-state index in [1.165, 1.54) is 12.1 Å². The molecule has 0 spiro atoms. The molecule has 1 aliphatic heterocycles. The van der Waals surface area contributed by atoms with E-state index in [0.29, 0.717) is 31.2 Å². The van der Waals surface area contributed by atoms with Crippen LogP contribution in [0.25, 0.3) is 0 Å². The van der Waals surface area contributed by atoms with Gasteiger partial charge < -0.3 is 11.1 Å². The van der Waals surface area contributed by atoms with E-state index in [-0.39, 0.29) is 24.1 Å². The number of likely N-dealkylation sites (tertiary alicyclic amines) is 1. The number of carbonyl (C=O) groups excluding carboxylic acids is 1. The predicted molar refractivity (Wildman–Crippen MR) is 80.5 cm³/mol. The zero-order valence-corrected chi connectivity index (χ0v) is 12.2. The van der Waals surface area contributed by atoms with E-state index in [0.717, 1.165) is 19.4 Å². The van der Waals surface area contributed by atoms with Gasteiger partial charge in [-0.2, -0.15) is 0 Å². The maximum absolute atomic E-state index is 13.0. The summed E-state index contributed by atoms with van der Waals surface area (Å²) in [4.78, 5) is 14.0. The van der Waals surface area contributed by atoms with E-state index >= 15 is 0 Å². The lowest BCUT2D eigenvalue weighted by Crippen LogP contribution is -2.37. The van der Waals surface area contributed by atoms with Crippen LogP contribution in [0.2, 0.25) is 0 Å². The summed E-state index contributed by atoms with van der Waals surface area (Å²) in [5.74, 6) is -0.436. The number of halogens is 2. The fourth-order valence-electron chi connectivity index (χ4n) is 2.49. The molecule has 3 N–H and O–H groups in total. The Morgan fingerprint density at radius 1 is 1.50 bits per heavy atom. The minimum absolute atomic E-state index is 0. The van der Waals surface area contributed by atoms with Gasteiger partial charge in [0.2, 0.25) is 5.91 Å². The van der Waals surface area contributed by atoms with E-state index in [1.807, 2.05) is 0 Å². The lowest BCUT2D eigenvalue weighted by Gasteiger charge is -2.22. The zero-order chi connectivity index (χ0) is 13.7. The van der Waals surface area contributed by atoms with E-state index in [9.17, 15) is 9.18 Å². The summed E-state index contributed by atoms with van der Waals surface area (Å²) in [5, 5.41) is 2.70. The molecule has 1 saturated heterocycles. The molecule has 6 heteroatoms. The van der Waals surface area contributed by atoms with Crippen molar-refractivity contribution in [1.29, 1.82) is 0 Å². The van der Waals surface area contributed by atoms with Gasteiger partial charge in [-0.1, -0.05) is 6.07 Å². The highest BCUT2D eigenvalue weighted by molar-refractivity contribution is 5.90. The van der Waals surface area contributed by atoms with E-state index < -0.39 is 0 Å². The fourth-order valence-corrected chi connectivity index (χ4v) is 2.49. The molecule has 1 atom stereocenters. The Kier molecular flexibility index (Phi) is 6.91. The molecule has 4 nitrogen and oxygen atoms in total. The van der Waals surface area contributed by atoms with Crippen molar-refractivity contribution in [3.05, 3.63) is 30.1 Å². The molecule has 1 aliphatic rings. The number of anilines is 1. The number of amides is 1. The summed E-state index contributed by atoms with van der Waals surface area (Å²) in [6.07, 6.45) is 2.67. The maximum atomic E-state index is 13.0. The Hall–Kier alpha value is -1.17. The van der Waals surface area contributed by atoms with Gasteiger partial charge >= 0.3 is 0 Å². The minimum atomic E-state index is -0.347. The van der Waals surface area contributed by atoms with E-state index in [1.54, 1.807) is 12.1 Å². The Bertz CT molecular complexity index is 444. The van der Waals surface area contributed by atoms with E-state index in [2.05, 4.69) is 10.2 Å². The van der Waals surface area contributed by atoms with Crippen LogP contribution < -0.4 is 11.1 Å². The summed E-state index contributed by atoms with van der Waals surface area (Å²) >= 11 is 0. The van der Waals surface area contributed by atoms with Gasteiger partial charge in [0.25, 0.3) is 0 Å². The van der Waals surface area contributed by atoms with Crippen LogP contribution in [-0.2, 0) is 4.79 Å². The first kappa shape index (κ1) is 16.9. The Morgan fingerprint density at radius 3 is 3.00 bits per heavy atom. The topological polar surface area (TPSA) is 58.4 Å². The molecular weight excluding hydrogens is 281 g/mol.